The van der Waals surface area contributed by atoms with Gasteiger partial charge in [-0.3, -0.25) is 4.79 Å². The Hall–Kier alpha value is -1.75. The summed E-state index contributed by atoms with van der Waals surface area (Å²) < 4.78 is 5.23. The number of carbonyl (C=O) groups is 1. The van der Waals surface area contributed by atoms with E-state index in [1.807, 2.05) is 18.2 Å². The second-order valence-corrected chi connectivity index (χ2v) is 4.81. The van der Waals surface area contributed by atoms with Gasteiger partial charge in [-0.25, -0.2) is 0 Å². The van der Waals surface area contributed by atoms with Crippen molar-refractivity contribution in [3.8, 4) is 5.75 Å². The van der Waals surface area contributed by atoms with Gasteiger partial charge in [0.15, 0.2) is 0 Å². The highest BCUT2D eigenvalue weighted by atomic mass is 16.5. The van der Waals surface area contributed by atoms with Gasteiger partial charge in [0.2, 0.25) is 5.91 Å². The molecule has 1 amide bonds. The van der Waals surface area contributed by atoms with Crippen LogP contribution < -0.4 is 10.5 Å². The molecule has 0 radical (unpaired) electrons. The zero-order chi connectivity index (χ0) is 13.8. The molecule has 5 heteroatoms. The monoisotopic (exact) mass is 264 g/mol. The minimum absolute atomic E-state index is 0.187. The third-order valence-electron chi connectivity index (χ3n) is 3.71. The van der Waals surface area contributed by atoms with Gasteiger partial charge in [0.25, 0.3) is 0 Å². The minimum atomic E-state index is -0.402. The van der Waals surface area contributed by atoms with Crippen LogP contribution in [0.25, 0.3) is 0 Å². The summed E-state index contributed by atoms with van der Waals surface area (Å²) in [7, 11) is 1.61. The molecule has 19 heavy (non-hydrogen) atoms. The van der Waals surface area contributed by atoms with Gasteiger partial charge in [-0.2, -0.15) is 0 Å². The largest absolute Gasteiger partial charge is 0.495 e. The average Bonchev–Trinajstić information content (AvgIpc) is 2.47. The smallest absolute Gasteiger partial charge is 0.248 e. The maximum Gasteiger partial charge on any atom is 0.248 e. The predicted octanol–water partition coefficient (Wildman–Crippen LogP) is 0.976. The molecule has 0 saturated carbocycles. The van der Waals surface area contributed by atoms with Crippen LogP contribution in [0.4, 0.5) is 5.69 Å². The number of aliphatic hydroxyl groups excluding tert-OH is 1. The molecule has 0 bridgehead atoms. The van der Waals surface area contributed by atoms with E-state index in [0.29, 0.717) is 30.4 Å². The lowest BCUT2D eigenvalue weighted by atomic mass is 9.89. The number of hydrogen-bond acceptors (Lipinski definition) is 4. The molecule has 3 N–H and O–H groups in total. The van der Waals surface area contributed by atoms with Gasteiger partial charge in [0.05, 0.1) is 12.8 Å². The predicted molar refractivity (Wildman–Crippen MR) is 73.0 cm³/mol. The summed E-state index contributed by atoms with van der Waals surface area (Å²) in [5, 5.41) is 8.85. The highest BCUT2D eigenvalue weighted by Gasteiger charge is 2.23. The van der Waals surface area contributed by atoms with Crippen molar-refractivity contribution in [1.29, 1.82) is 0 Å². The Morgan fingerprint density at radius 3 is 2.74 bits per heavy atom. The first kappa shape index (κ1) is 13.7. The lowest BCUT2D eigenvalue weighted by molar-refractivity contribution is -0.135. The molecule has 1 fully saturated rings. The molecular weight excluding hydrogens is 244 g/mol. The van der Waals surface area contributed by atoms with Gasteiger partial charge in [-0.05, 0) is 36.5 Å². The van der Waals surface area contributed by atoms with E-state index in [2.05, 4.69) is 0 Å². The van der Waals surface area contributed by atoms with Crippen LogP contribution in [-0.4, -0.2) is 42.7 Å². The molecule has 1 aliphatic rings. The minimum Gasteiger partial charge on any atom is -0.495 e. The number of piperidine rings is 1. The molecule has 0 aromatic heterocycles. The summed E-state index contributed by atoms with van der Waals surface area (Å²) in [6.07, 6.45) is 1.80. The summed E-state index contributed by atoms with van der Waals surface area (Å²) in [5.74, 6) is 0.928. The van der Waals surface area contributed by atoms with Crippen molar-refractivity contribution in [3.05, 3.63) is 23.8 Å². The second-order valence-electron chi connectivity index (χ2n) is 4.81. The molecular formula is C14H20N2O3. The number of likely N-dealkylation sites (tertiary alicyclic amines) is 1. The van der Waals surface area contributed by atoms with E-state index >= 15 is 0 Å². The van der Waals surface area contributed by atoms with Crippen LogP contribution in [0.15, 0.2) is 18.2 Å². The molecule has 0 spiro atoms. The molecule has 5 nitrogen and oxygen atoms in total. The Balaban J connectivity index is 2.03. The van der Waals surface area contributed by atoms with Crippen LogP contribution in [0, 0.1) is 0 Å². The average molecular weight is 264 g/mol. The number of carbonyl (C=O) groups excluding carboxylic acids is 1. The molecule has 1 aromatic carbocycles. The summed E-state index contributed by atoms with van der Waals surface area (Å²) in [6.45, 7) is 0.980. The van der Waals surface area contributed by atoms with Crippen molar-refractivity contribution >= 4 is 11.6 Å². The van der Waals surface area contributed by atoms with Crippen molar-refractivity contribution in [1.82, 2.24) is 4.90 Å². The number of nitrogens with two attached hydrogens (primary N) is 1. The molecule has 0 atom stereocenters. The Labute approximate surface area is 113 Å². The number of anilines is 1. The van der Waals surface area contributed by atoms with E-state index in [1.165, 1.54) is 5.56 Å². The van der Waals surface area contributed by atoms with Crippen LogP contribution in [0.3, 0.4) is 0 Å². The lowest BCUT2D eigenvalue weighted by Crippen LogP contribution is -2.39. The highest BCUT2D eigenvalue weighted by Crippen LogP contribution is 2.32. The fourth-order valence-corrected chi connectivity index (χ4v) is 2.54. The number of hydrogen-bond donors (Lipinski definition) is 2. The zero-order valence-electron chi connectivity index (χ0n) is 11.1. The maximum absolute atomic E-state index is 11.4. The van der Waals surface area contributed by atoms with Crippen molar-refractivity contribution < 1.29 is 14.6 Å². The first-order chi connectivity index (χ1) is 9.15. The number of ether oxygens (including phenoxy) is 1. The molecule has 0 aliphatic carbocycles. The molecule has 0 unspecified atom stereocenters. The maximum atomic E-state index is 11.4. The van der Waals surface area contributed by atoms with Gasteiger partial charge < -0.3 is 20.5 Å². The Morgan fingerprint density at radius 2 is 2.16 bits per heavy atom. The molecule has 1 saturated heterocycles. The number of amides is 1. The summed E-state index contributed by atoms with van der Waals surface area (Å²) in [6, 6.07) is 5.86. The number of methoxy groups -OCH3 is 1. The topological polar surface area (TPSA) is 75.8 Å². The van der Waals surface area contributed by atoms with Crippen LogP contribution in [0.2, 0.25) is 0 Å². The van der Waals surface area contributed by atoms with Gasteiger partial charge in [0, 0.05) is 13.1 Å². The van der Waals surface area contributed by atoms with Gasteiger partial charge >= 0.3 is 0 Å². The van der Waals surface area contributed by atoms with Crippen molar-refractivity contribution in [2.45, 2.75) is 18.8 Å². The standard InChI is InChI=1S/C14H20N2O3/c1-19-13-8-11(2-3-12(13)15)10-4-6-16(7-5-10)14(18)9-17/h2-3,8,10,17H,4-7,9,15H2,1H3. The van der Waals surface area contributed by atoms with E-state index < -0.39 is 6.61 Å². The van der Waals surface area contributed by atoms with Crippen molar-refractivity contribution in [3.63, 3.8) is 0 Å². The summed E-state index contributed by atoms with van der Waals surface area (Å²) in [5.41, 5.74) is 7.64. The first-order valence-electron chi connectivity index (χ1n) is 6.47. The van der Waals surface area contributed by atoms with Crippen LogP contribution >= 0.6 is 0 Å². The molecule has 2 rings (SSSR count). The molecule has 1 heterocycles. The van der Waals surface area contributed by atoms with Gasteiger partial charge in [-0.15, -0.1) is 0 Å². The SMILES string of the molecule is COc1cc(C2CCN(C(=O)CO)CC2)ccc1N. The van der Waals surface area contributed by atoms with E-state index in [0.717, 1.165) is 12.8 Å². The molecule has 1 aromatic rings. The van der Waals surface area contributed by atoms with Gasteiger partial charge in [0.1, 0.15) is 12.4 Å². The molecule has 104 valence electrons. The van der Waals surface area contributed by atoms with E-state index in [9.17, 15) is 4.79 Å². The van der Waals surface area contributed by atoms with Crippen molar-refractivity contribution in [2.75, 3.05) is 32.5 Å². The lowest BCUT2D eigenvalue weighted by Gasteiger charge is -2.32. The summed E-state index contributed by atoms with van der Waals surface area (Å²) in [4.78, 5) is 13.1. The van der Waals surface area contributed by atoms with Gasteiger partial charge in [-0.1, -0.05) is 6.07 Å². The number of benzene rings is 1. The second kappa shape index (κ2) is 5.93. The van der Waals surface area contributed by atoms with Crippen LogP contribution in [0.1, 0.15) is 24.3 Å². The van der Waals surface area contributed by atoms with Crippen LogP contribution in [-0.2, 0) is 4.79 Å². The molecule has 1 aliphatic heterocycles. The first-order valence-corrected chi connectivity index (χ1v) is 6.47. The van der Waals surface area contributed by atoms with E-state index in [-0.39, 0.29) is 5.91 Å². The Bertz CT molecular complexity index is 454. The number of aliphatic hydroxyl groups is 1. The quantitative estimate of drug-likeness (QED) is 0.798. The normalized spacial score (nSPS) is 16.4. The third-order valence-corrected chi connectivity index (χ3v) is 3.71. The highest BCUT2D eigenvalue weighted by molar-refractivity contribution is 5.77. The van der Waals surface area contributed by atoms with E-state index in [4.69, 9.17) is 15.6 Å². The van der Waals surface area contributed by atoms with E-state index in [1.54, 1.807) is 12.0 Å². The summed E-state index contributed by atoms with van der Waals surface area (Å²) >= 11 is 0. The fraction of sp³-hybridized carbons (Fsp3) is 0.500. The fourth-order valence-electron chi connectivity index (χ4n) is 2.54. The Morgan fingerprint density at radius 1 is 1.47 bits per heavy atom. The third kappa shape index (κ3) is 2.98. The number of nitrogens with zero attached hydrogens (tertiary/aromatic N) is 1. The van der Waals surface area contributed by atoms with Crippen molar-refractivity contribution in [2.24, 2.45) is 0 Å². The number of rotatable bonds is 3. The number of nitrogen functional groups attached to an aromatic ring is 1. The van der Waals surface area contributed by atoms with Crippen LogP contribution in [0.5, 0.6) is 5.75 Å². The zero-order valence-corrected chi connectivity index (χ0v) is 11.1. The Kier molecular flexibility index (Phi) is 4.27.